The zero-order chi connectivity index (χ0) is 13.2. The van der Waals surface area contributed by atoms with Gasteiger partial charge >= 0.3 is 0 Å². The maximum absolute atomic E-state index is 10.3. The van der Waals surface area contributed by atoms with Crippen LogP contribution in [0.15, 0.2) is 30.5 Å². The largest absolute Gasteiger partial charge is 0.486 e. The minimum atomic E-state index is -0.794. The summed E-state index contributed by atoms with van der Waals surface area (Å²) in [4.78, 5) is 8.25. The van der Waals surface area contributed by atoms with Gasteiger partial charge in [0.25, 0.3) is 0 Å². The Morgan fingerprint density at radius 3 is 2.74 bits per heavy atom. The molecule has 1 N–H and O–H groups in total. The van der Waals surface area contributed by atoms with Crippen LogP contribution in [0.1, 0.15) is 23.2 Å². The normalized spacial score (nSPS) is 15.1. The van der Waals surface area contributed by atoms with E-state index >= 15 is 0 Å². The summed E-state index contributed by atoms with van der Waals surface area (Å²) in [5.41, 5.74) is 1.30. The summed E-state index contributed by atoms with van der Waals surface area (Å²) in [5, 5.41) is 10.3. The molecular weight excluding hydrogens is 244 g/mol. The molecule has 0 bridgehead atoms. The molecule has 1 unspecified atom stereocenters. The van der Waals surface area contributed by atoms with Gasteiger partial charge in [-0.1, -0.05) is 6.07 Å². The van der Waals surface area contributed by atoms with Crippen LogP contribution in [0.3, 0.4) is 0 Å². The minimum absolute atomic E-state index is 0.527. The highest BCUT2D eigenvalue weighted by atomic mass is 16.6. The second kappa shape index (κ2) is 4.85. The Morgan fingerprint density at radius 1 is 1.16 bits per heavy atom. The second-order valence-corrected chi connectivity index (χ2v) is 4.33. The molecule has 1 aliphatic rings. The van der Waals surface area contributed by atoms with Crippen molar-refractivity contribution in [3.05, 3.63) is 47.5 Å². The van der Waals surface area contributed by atoms with Crippen LogP contribution in [0.25, 0.3) is 0 Å². The molecule has 98 valence electrons. The number of aliphatic hydroxyl groups excluding tert-OH is 1. The predicted molar refractivity (Wildman–Crippen MR) is 68.3 cm³/mol. The van der Waals surface area contributed by atoms with Crippen molar-refractivity contribution in [1.29, 1.82) is 0 Å². The average molecular weight is 258 g/mol. The summed E-state index contributed by atoms with van der Waals surface area (Å²) in [6, 6.07) is 7.11. The first-order valence-electron chi connectivity index (χ1n) is 6.11. The van der Waals surface area contributed by atoms with Crippen LogP contribution >= 0.6 is 0 Å². The van der Waals surface area contributed by atoms with Crippen molar-refractivity contribution in [1.82, 2.24) is 9.97 Å². The van der Waals surface area contributed by atoms with E-state index in [1.807, 2.05) is 6.07 Å². The van der Waals surface area contributed by atoms with Gasteiger partial charge in [-0.05, 0) is 30.7 Å². The fourth-order valence-corrected chi connectivity index (χ4v) is 2.03. The lowest BCUT2D eigenvalue weighted by Gasteiger charge is -2.20. The van der Waals surface area contributed by atoms with Gasteiger partial charge in [-0.15, -0.1) is 0 Å². The number of ether oxygens (including phenoxy) is 2. The number of benzene rings is 1. The Labute approximate surface area is 110 Å². The molecule has 2 heterocycles. The maximum atomic E-state index is 10.3. The molecule has 0 saturated heterocycles. The molecule has 1 aliphatic heterocycles. The van der Waals surface area contributed by atoms with E-state index in [4.69, 9.17) is 9.47 Å². The van der Waals surface area contributed by atoms with E-state index in [1.54, 1.807) is 31.3 Å². The number of aryl methyl sites for hydroxylation is 1. The van der Waals surface area contributed by atoms with Crippen molar-refractivity contribution in [2.24, 2.45) is 0 Å². The molecular formula is C14H14N2O3. The van der Waals surface area contributed by atoms with Crippen LogP contribution < -0.4 is 9.47 Å². The van der Waals surface area contributed by atoms with E-state index in [1.165, 1.54) is 0 Å². The maximum Gasteiger partial charge on any atom is 0.161 e. The fourth-order valence-electron chi connectivity index (χ4n) is 2.03. The van der Waals surface area contributed by atoms with Crippen molar-refractivity contribution >= 4 is 0 Å². The molecule has 1 aromatic carbocycles. The van der Waals surface area contributed by atoms with Crippen LogP contribution in [0.2, 0.25) is 0 Å². The van der Waals surface area contributed by atoms with Gasteiger partial charge in [0.2, 0.25) is 0 Å². The van der Waals surface area contributed by atoms with Gasteiger partial charge in [0.05, 0.1) is 5.69 Å². The Hall–Kier alpha value is -2.14. The third-order valence-corrected chi connectivity index (χ3v) is 2.96. The van der Waals surface area contributed by atoms with Crippen molar-refractivity contribution in [3.63, 3.8) is 0 Å². The van der Waals surface area contributed by atoms with Gasteiger partial charge in [-0.3, -0.25) is 0 Å². The van der Waals surface area contributed by atoms with E-state index < -0.39 is 6.10 Å². The molecule has 3 rings (SSSR count). The highest BCUT2D eigenvalue weighted by Crippen LogP contribution is 2.33. The number of hydrogen-bond acceptors (Lipinski definition) is 5. The zero-order valence-corrected chi connectivity index (χ0v) is 10.5. The molecule has 2 aromatic rings. The summed E-state index contributed by atoms with van der Waals surface area (Å²) in [5.74, 6) is 2.00. The lowest BCUT2D eigenvalue weighted by molar-refractivity contribution is 0.169. The molecule has 0 amide bonds. The first kappa shape index (κ1) is 11.9. The Kier molecular flexibility index (Phi) is 3.05. The smallest absolute Gasteiger partial charge is 0.161 e. The van der Waals surface area contributed by atoms with Crippen LogP contribution in [0.5, 0.6) is 11.5 Å². The fraction of sp³-hybridized carbons (Fsp3) is 0.286. The van der Waals surface area contributed by atoms with E-state index in [-0.39, 0.29) is 0 Å². The topological polar surface area (TPSA) is 64.5 Å². The highest BCUT2D eigenvalue weighted by molar-refractivity contribution is 5.45. The molecule has 1 atom stereocenters. The third kappa shape index (κ3) is 2.37. The summed E-state index contributed by atoms with van der Waals surface area (Å²) in [7, 11) is 0. The molecule has 0 fully saturated rings. The zero-order valence-electron chi connectivity index (χ0n) is 10.5. The minimum Gasteiger partial charge on any atom is -0.486 e. The van der Waals surface area contributed by atoms with Crippen LogP contribution in [-0.4, -0.2) is 28.3 Å². The van der Waals surface area contributed by atoms with Crippen molar-refractivity contribution in [3.8, 4) is 11.5 Å². The quantitative estimate of drug-likeness (QED) is 0.887. The average Bonchev–Trinajstić information content (AvgIpc) is 2.46. The van der Waals surface area contributed by atoms with Gasteiger partial charge in [0, 0.05) is 6.20 Å². The number of fused-ring (bicyclic) bond motifs is 1. The highest BCUT2D eigenvalue weighted by Gasteiger charge is 2.17. The Morgan fingerprint density at radius 2 is 1.95 bits per heavy atom. The van der Waals surface area contributed by atoms with Crippen molar-refractivity contribution in [2.45, 2.75) is 13.0 Å². The molecule has 19 heavy (non-hydrogen) atoms. The molecule has 0 radical (unpaired) electrons. The monoisotopic (exact) mass is 258 g/mol. The predicted octanol–water partition coefficient (Wildman–Crippen LogP) is 1.64. The summed E-state index contributed by atoms with van der Waals surface area (Å²) in [6.07, 6.45) is 0.844. The lowest BCUT2D eigenvalue weighted by atomic mass is 10.1. The first-order chi connectivity index (χ1) is 9.24. The molecule has 5 nitrogen and oxygen atoms in total. The number of nitrogens with zero attached hydrogens (tertiary/aromatic N) is 2. The summed E-state index contributed by atoms with van der Waals surface area (Å²) in [6.45, 7) is 2.87. The number of rotatable bonds is 2. The van der Waals surface area contributed by atoms with Crippen LogP contribution in [0, 0.1) is 6.92 Å². The van der Waals surface area contributed by atoms with Gasteiger partial charge in [0.1, 0.15) is 25.1 Å². The van der Waals surface area contributed by atoms with Gasteiger partial charge < -0.3 is 14.6 Å². The van der Waals surface area contributed by atoms with Crippen LogP contribution in [-0.2, 0) is 0 Å². The molecule has 0 saturated carbocycles. The van der Waals surface area contributed by atoms with Gasteiger partial charge in [-0.25, -0.2) is 9.97 Å². The molecule has 0 spiro atoms. The summed E-state index contributed by atoms with van der Waals surface area (Å²) < 4.78 is 11.0. The summed E-state index contributed by atoms with van der Waals surface area (Å²) >= 11 is 0. The molecule has 1 aromatic heterocycles. The van der Waals surface area contributed by atoms with Crippen molar-refractivity contribution in [2.75, 3.05) is 13.2 Å². The Balaban J connectivity index is 1.93. The van der Waals surface area contributed by atoms with Gasteiger partial charge in [-0.2, -0.15) is 0 Å². The lowest BCUT2D eigenvalue weighted by Crippen LogP contribution is -2.15. The van der Waals surface area contributed by atoms with E-state index in [9.17, 15) is 5.11 Å². The number of hydrogen-bond donors (Lipinski definition) is 1. The first-order valence-corrected chi connectivity index (χ1v) is 6.11. The van der Waals surface area contributed by atoms with Crippen molar-refractivity contribution < 1.29 is 14.6 Å². The molecule has 0 aliphatic carbocycles. The molecule has 5 heteroatoms. The Bertz CT molecular complexity index is 601. The number of aromatic nitrogens is 2. The van der Waals surface area contributed by atoms with E-state index in [0.717, 1.165) is 5.56 Å². The SMILES string of the molecule is Cc1nccc(C(O)c2ccc3c(c2)OCCO3)n1. The van der Waals surface area contributed by atoms with Gasteiger partial charge in [0.15, 0.2) is 11.5 Å². The van der Waals surface area contributed by atoms with E-state index in [2.05, 4.69) is 9.97 Å². The van der Waals surface area contributed by atoms with Crippen LogP contribution in [0.4, 0.5) is 0 Å². The number of aliphatic hydroxyl groups is 1. The third-order valence-electron chi connectivity index (χ3n) is 2.96. The van der Waals surface area contributed by atoms with E-state index in [0.29, 0.717) is 36.2 Å². The second-order valence-electron chi connectivity index (χ2n) is 4.33. The standard InChI is InChI=1S/C14H14N2O3/c1-9-15-5-4-11(16-9)14(17)10-2-3-12-13(8-10)19-7-6-18-12/h2-5,8,14,17H,6-7H2,1H3.